The number of carbonyl (C=O) groups excluding carboxylic acids is 2. The number of hydrogen-bond donors (Lipinski definition) is 3. The van der Waals surface area contributed by atoms with Gasteiger partial charge in [-0.15, -0.1) is 0 Å². The highest BCUT2D eigenvalue weighted by Crippen LogP contribution is 2.36. The zero-order valence-electron chi connectivity index (χ0n) is 19.9. The molecule has 1 fully saturated rings. The fourth-order valence-corrected chi connectivity index (χ4v) is 4.52. The minimum atomic E-state index is -0.826. The molecule has 5 unspecified atom stereocenters. The molecule has 0 saturated heterocycles. The van der Waals surface area contributed by atoms with E-state index in [-0.39, 0.29) is 30.5 Å². The van der Waals surface area contributed by atoms with Crippen molar-refractivity contribution in [2.45, 2.75) is 64.7 Å². The van der Waals surface area contributed by atoms with Gasteiger partial charge in [-0.3, -0.25) is 4.79 Å². The van der Waals surface area contributed by atoms with Gasteiger partial charge in [-0.05, 0) is 51.3 Å². The van der Waals surface area contributed by atoms with Crippen molar-refractivity contribution in [1.82, 2.24) is 10.6 Å². The second-order valence-electron chi connectivity index (χ2n) is 8.82. The van der Waals surface area contributed by atoms with Crippen molar-refractivity contribution in [2.75, 3.05) is 26.8 Å². The van der Waals surface area contributed by atoms with Crippen molar-refractivity contribution in [2.24, 2.45) is 17.8 Å². The average Bonchev–Trinajstić information content (AvgIpc) is 2.78. The van der Waals surface area contributed by atoms with Crippen LogP contribution in [0.4, 0.5) is 0 Å². The molecule has 0 bridgehead atoms. The van der Waals surface area contributed by atoms with Crippen LogP contribution in [0.25, 0.3) is 0 Å². The van der Waals surface area contributed by atoms with Gasteiger partial charge in [-0.1, -0.05) is 44.2 Å². The van der Waals surface area contributed by atoms with Gasteiger partial charge in [-0.25, -0.2) is 4.79 Å². The van der Waals surface area contributed by atoms with Crippen LogP contribution < -0.4 is 10.6 Å². The van der Waals surface area contributed by atoms with Gasteiger partial charge in [0.2, 0.25) is 5.91 Å². The van der Waals surface area contributed by atoms with E-state index in [1.807, 2.05) is 44.3 Å². The highest BCUT2D eigenvalue weighted by atomic mass is 16.5. The number of benzene rings is 1. The van der Waals surface area contributed by atoms with Crippen molar-refractivity contribution in [3.05, 3.63) is 35.9 Å². The van der Waals surface area contributed by atoms with Crippen LogP contribution in [0.5, 0.6) is 0 Å². The Morgan fingerprint density at radius 3 is 2.56 bits per heavy atom. The summed E-state index contributed by atoms with van der Waals surface area (Å²) in [4.78, 5) is 25.6. The second-order valence-corrected chi connectivity index (χ2v) is 8.82. The molecule has 7 nitrogen and oxygen atoms in total. The molecule has 2 rings (SSSR count). The van der Waals surface area contributed by atoms with Crippen LogP contribution in [0.2, 0.25) is 0 Å². The Morgan fingerprint density at radius 2 is 1.91 bits per heavy atom. The Balaban J connectivity index is 1.99. The van der Waals surface area contributed by atoms with E-state index in [1.54, 1.807) is 6.92 Å². The summed E-state index contributed by atoms with van der Waals surface area (Å²) in [5, 5.41) is 16.9. The molecule has 1 aromatic carbocycles. The first kappa shape index (κ1) is 26.3. The quantitative estimate of drug-likeness (QED) is 0.335. The van der Waals surface area contributed by atoms with Crippen molar-refractivity contribution >= 4 is 11.9 Å². The summed E-state index contributed by atoms with van der Waals surface area (Å²) in [5.41, 5.74) is 0.934. The Bertz CT molecular complexity index is 699. The monoisotopic (exact) mass is 448 g/mol. The van der Waals surface area contributed by atoms with Crippen LogP contribution in [-0.2, 0) is 25.5 Å². The lowest BCUT2D eigenvalue weighted by atomic mass is 9.72. The molecule has 1 aliphatic carbocycles. The number of hydrogen-bond acceptors (Lipinski definition) is 6. The Morgan fingerprint density at radius 1 is 1.19 bits per heavy atom. The average molecular weight is 449 g/mol. The SMILES string of the molecule is CCOC(=O)[C@@H](Cc1ccccc1)NC(=O)C1CC(C)C(OCCCCNC)C(C)C1O. The van der Waals surface area contributed by atoms with E-state index in [0.717, 1.165) is 24.9 Å². The predicted octanol–water partition coefficient (Wildman–Crippen LogP) is 2.31. The number of unbranched alkanes of at least 4 members (excludes halogenated alkanes) is 1. The number of carbonyl (C=O) groups is 2. The first-order valence-electron chi connectivity index (χ1n) is 11.8. The molecule has 0 radical (unpaired) electrons. The summed E-state index contributed by atoms with van der Waals surface area (Å²) < 4.78 is 11.3. The molecule has 0 aliphatic heterocycles. The number of amides is 1. The molecular weight excluding hydrogens is 408 g/mol. The first-order chi connectivity index (χ1) is 15.4. The molecule has 1 aliphatic rings. The largest absolute Gasteiger partial charge is 0.464 e. The van der Waals surface area contributed by atoms with Gasteiger partial charge in [-0.2, -0.15) is 0 Å². The maximum Gasteiger partial charge on any atom is 0.328 e. The molecule has 1 aromatic rings. The molecular formula is C25H40N2O5. The molecule has 0 aromatic heterocycles. The third kappa shape index (κ3) is 7.57. The Hall–Kier alpha value is -1.96. The Kier molecular flexibility index (Phi) is 11.1. The highest BCUT2D eigenvalue weighted by Gasteiger charge is 2.44. The predicted molar refractivity (Wildman–Crippen MR) is 124 cm³/mol. The molecule has 1 amide bonds. The number of ether oxygens (including phenoxy) is 2. The van der Waals surface area contributed by atoms with E-state index >= 15 is 0 Å². The molecule has 0 spiro atoms. The maximum atomic E-state index is 13.1. The third-order valence-electron chi connectivity index (χ3n) is 6.29. The van der Waals surface area contributed by atoms with Gasteiger partial charge in [0.05, 0.1) is 24.7 Å². The lowest BCUT2D eigenvalue weighted by molar-refractivity contribution is -0.152. The van der Waals surface area contributed by atoms with Gasteiger partial charge in [0.1, 0.15) is 6.04 Å². The van der Waals surface area contributed by atoms with E-state index in [1.165, 1.54) is 0 Å². The topological polar surface area (TPSA) is 96.9 Å². The second kappa shape index (κ2) is 13.6. The van der Waals surface area contributed by atoms with E-state index < -0.39 is 24.0 Å². The number of aliphatic hydroxyl groups excluding tert-OH is 1. The maximum absolute atomic E-state index is 13.1. The van der Waals surface area contributed by atoms with Crippen LogP contribution in [0, 0.1) is 17.8 Å². The van der Waals surface area contributed by atoms with Gasteiger partial charge in [0.25, 0.3) is 0 Å². The zero-order valence-corrected chi connectivity index (χ0v) is 19.9. The Labute approximate surface area is 192 Å². The lowest BCUT2D eigenvalue weighted by Gasteiger charge is -2.42. The zero-order chi connectivity index (χ0) is 23.5. The standard InChI is InChI=1S/C25H40N2O5/c1-5-31-25(30)21(16-19-11-7-6-8-12-19)27-24(29)20-15-17(2)23(18(3)22(20)28)32-14-10-9-13-26-4/h6-8,11-12,17-18,20-23,26,28H,5,9-10,13-16H2,1-4H3,(H,27,29)/t17?,18?,20?,21-,22?,23?/m1/s1. The molecule has 180 valence electrons. The van der Waals surface area contributed by atoms with Crippen LogP contribution in [0.15, 0.2) is 30.3 Å². The van der Waals surface area contributed by atoms with E-state index in [2.05, 4.69) is 17.6 Å². The van der Waals surface area contributed by atoms with Crippen LogP contribution in [-0.4, -0.2) is 62.0 Å². The highest BCUT2D eigenvalue weighted by molar-refractivity contribution is 5.86. The van der Waals surface area contributed by atoms with E-state index in [4.69, 9.17) is 9.47 Å². The van der Waals surface area contributed by atoms with E-state index in [9.17, 15) is 14.7 Å². The lowest BCUT2D eigenvalue weighted by Crippen LogP contribution is -2.54. The summed E-state index contributed by atoms with van der Waals surface area (Å²) in [5.74, 6) is -1.40. The summed E-state index contributed by atoms with van der Waals surface area (Å²) in [6, 6.07) is 8.73. The minimum absolute atomic E-state index is 0.0891. The number of esters is 1. The molecule has 1 saturated carbocycles. The van der Waals surface area contributed by atoms with Crippen molar-refractivity contribution in [1.29, 1.82) is 0 Å². The normalized spacial score (nSPS) is 26.3. The van der Waals surface area contributed by atoms with Crippen molar-refractivity contribution in [3.8, 4) is 0 Å². The number of nitrogens with one attached hydrogen (secondary N) is 2. The summed E-state index contributed by atoms with van der Waals surface area (Å²) >= 11 is 0. The summed E-state index contributed by atoms with van der Waals surface area (Å²) in [7, 11) is 1.93. The molecule has 6 atom stereocenters. The summed E-state index contributed by atoms with van der Waals surface area (Å²) in [6.45, 7) is 7.58. The van der Waals surface area contributed by atoms with Gasteiger partial charge in [0.15, 0.2) is 0 Å². The third-order valence-corrected chi connectivity index (χ3v) is 6.29. The fourth-order valence-electron chi connectivity index (χ4n) is 4.52. The van der Waals surface area contributed by atoms with Crippen LogP contribution in [0.1, 0.15) is 45.6 Å². The molecule has 3 N–H and O–H groups in total. The summed E-state index contributed by atoms with van der Waals surface area (Å²) in [6.07, 6.45) is 1.94. The smallest absolute Gasteiger partial charge is 0.328 e. The van der Waals surface area contributed by atoms with Gasteiger partial charge in [0, 0.05) is 18.9 Å². The molecule has 32 heavy (non-hydrogen) atoms. The van der Waals surface area contributed by atoms with Crippen molar-refractivity contribution in [3.63, 3.8) is 0 Å². The number of rotatable bonds is 12. The van der Waals surface area contributed by atoms with E-state index in [0.29, 0.717) is 19.4 Å². The van der Waals surface area contributed by atoms with Crippen molar-refractivity contribution < 1.29 is 24.2 Å². The van der Waals surface area contributed by atoms with Crippen LogP contribution in [0.3, 0.4) is 0 Å². The first-order valence-corrected chi connectivity index (χ1v) is 11.8. The van der Waals surface area contributed by atoms with Crippen LogP contribution >= 0.6 is 0 Å². The number of aliphatic hydroxyl groups is 1. The minimum Gasteiger partial charge on any atom is -0.464 e. The van der Waals surface area contributed by atoms with Gasteiger partial charge < -0.3 is 25.2 Å². The molecule has 0 heterocycles. The molecule has 7 heteroatoms. The van der Waals surface area contributed by atoms with Gasteiger partial charge >= 0.3 is 5.97 Å². The fraction of sp³-hybridized carbons (Fsp3) is 0.680.